The standard InChI is InChI=1S/C17H23N3O/c21-17-8-4-5-14(9-17)10-18-11-15-12-19-20(13-15)16-6-2-1-3-7-16/h1-3,6-7,12-14,17-18,21H,4-5,8-11H2. The predicted molar refractivity (Wildman–Crippen MR) is 83.2 cm³/mol. The van der Waals surface area contributed by atoms with Gasteiger partial charge in [0.05, 0.1) is 18.0 Å². The van der Waals surface area contributed by atoms with Crippen molar-refractivity contribution in [3.8, 4) is 5.69 Å². The molecule has 1 aliphatic carbocycles. The van der Waals surface area contributed by atoms with Crippen molar-refractivity contribution in [1.82, 2.24) is 15.1 Å². The summed E-state index contributed by atoms with van der Waals surface area (Å²) in [6, 6.07) is 10.1. The molecule has 1 aliphatic rings. The van der Waals surface area contributed by atoms with Crippen molar-refractivity contribution in [2.24, 2.45) is 5.92 Å². The Bertz CT molecular complexity index is 552. The average Bonchev–Trinajstić information content (AvgIpc) is 2.97. The van der Waals surface area contributed by atoms with E-state index in [0.29, 0.717) is 5.92 Å². The third kappa shape index (κ3) is 3.93. The van der Waals surface area contributed by atoms with Crippen LogP contribution < -0.4 is 5.32 Å². The molecule has 1 fully saturated rings. The largest absolute Gasteiger partial charge is 0.393 e. The molecule has 1 aromatic carbocycles. The number of rotatable bonds is 5. The monoisotopic (exact) mass is 285 g/mol. The minimum atomic E-state index is -0.0913. The second kappa shape index (κ2) is 6.87. The summed E-state index contributed by atoms with van der Waals surface area (Å²) < 4.78 is 1.90. The van der Waals surface area contributed by atoms with Crippen LogP contribution in [0.15, 0.2) is 42.7 Å². The molecule has 2 aromatic rings. The maximum Gasteiger partial charge on any atom is 0.0645 e. The summed E-state index contributed by atoms with van der Waals surface area (Å²) in [6.45, 7) is 1.81. The van der Waals surface area contributed by atoms with Crippen molar-refractivity contribution < 1.29 is 5.11 Å². The smallest absolute Gasteiger partial charge is 0.0645 e. The Morgan fingerprint density at radius 2 is 2.10 bits per heavy atom. The number of nitrogens with zero attached hydrogens (tertiary/aromatic N) is 2. The summed E-state index contributed by atoms with van der Waals surface area (Å²) in [5.41, 5.74) is 2.27. The van der Waals surface area contributed by atoms with E-state index in [2.05, 4.69) is 16.6 Å². The maximum atomic E-state index is 9.68. The Kier molecular flexibility index (Phi) is 4.68. The van der Waals surface area contributed by atoms with Gasteiger partial charge in [-0.15, -0.1) is 0 Å². The molecular weight excluding hydrogens is 262 g/mol. The summed E-state index contributed by atoms with van der Waals surface area (Å²) in [5.74, 6) is 0.609. The molecule has 0 radical (unpaired) electrons. The molecule has 2 atom stereocenters. The third-order valence-corrected chi connectivity index (χ3v) is 4.17. The number of aliphatic hydroxyl groups is 1. The van der Waals surface area contributed by atoms with Gasteiger partial charge in [-0.05, 0) is 43.9 Å². The Labute approximate surface area is 125 Å². The number of hydrogen-bond acceptors (Lipinski definition) is 3. The summed E-state index contributed by atoms with van der Waals surface area (Å²) in [5, 5.41) is 17.6. The highest BCUT2D eigenvalue weighted by molar-refractivity contribution is 5.30. The Hall–Kier alpha value is -1.65. The van der Waals surface area contributed by atoms with Crippen LogP contribution in [0.2, 0.25) is 0 Å². The molecule has 0 amide bonds. The zero-order valence-corrected chi connectivity index (χ0v) is 12.3. The van der Waals surface area contributed by atoms with Crippen LogP contribution in [0.25, 0.3) is 5.69 Å². The van der Waals surface area contributed by atoms with Gasteiger partial charge in [0.15, 0.2) is 0 Å². The van der Waals surface area contributed by atoms with Crippen molar-refractivity contribution in [1.29, 1.82) is 0 Å². The predicted octanol–water partition coefficient (Wildman–Crippen LogP) is 2.51. The minimum Gasteiger partial charge on any atom is -0.393 e. The number of hydrogen-bond donors (Lipinski definition) is 2. The molecule has 3 rings (SSSR count). The van der Waals surface area contributed by atoms with Crippen LogP contribution in [-0.2, 0) is 6.54 Å². The zero-order valence-electron chi connectivity index (χ0n) is 12.3. The van der Waals surface area contributed by atoms with Gasteiger partial charge in [-0.3, -0.25) is 0 Å². The maximum absolute atomic E-state index is 9.68. The fourth-order valence-corrected chi connectivity index (χ4v) is 3.04. The van der Waals surface area contributed by atoms with E-state index in [1.165, 1.54) is 12.0 Å². The summed E-state index contributed by atoms with van der Waals surface area (Å²) in [6.07, 6.45) is 8.18. The summed E-state index contributed by atoms with van der Waals surface area (Å²) >= 11 is 0. The van der Waals surface area contributed by atoms with Crippen molar-refractivity contribution in [3.63, 3.8) is 0 Å². The van der Waals surface area contributed by atoms with E-state index in [0.717, 1.165) is 38.0 Å². The van der Waals surface area contributed by atoms with Gasteiger partial charge in [-0.2, -0.15) is 5.10 Å². The molecule has 2 N–H and O–H groups in total. The normalized spacial score (nSPS) is 22.3. The number of benzene rings is 1. The van der Waals surface area contributed by atoms with Crippen molar-refractivity contribution in [3.05, 3.63) is 48.3 Å². The highest BCUT2D eigenvalue weighted by Gasteiger charge is 2.19. The first-order valence-corrected chi connectivity index (χ1v) is 7.79. The lowest BCUT2D eigenvalue weighted by Gasteiger charge is -2.25. The topological polar surface area (TPSA) is 50.1 Å². The van der Waals surface area contributed by atoms with E-state index in [-0.39, 0.29) is 6.10 Å². The molecule has 2 unspecified atom stereocenters. The third-order valence-electron chi connectivity index (χ3n) is 4.17. The highest BCUT2D eigenvalue weighted by atomic mass is 16.3. The summed E-state index contributed by atoms with van der Waals surface area (Å²) in [4.78, 5) is 0. The second-order valence-electron chi connectivity index (χ2n) is 5.95. The van der Waals surface area contributed by atoms with E-state index in [1.807, 2.05) is 41.2 Å². The van der Waals surface area contributed by atoms with E-state index in [4.69, 9.17) is 0 Å². The van der Waals surface area contributed by atoms with E-state index >= 15 is 0 Å². The molecule has 112 valence electrons. The number of nitrogens with one attached hydrogen (secondary N) is 1. The lowest BCUT2D eigenvalue weighted by molar-refractivity contribution is 0.101. The fraction of sp³-hybridized carbons (Fsp3) is 0.471. The van der Waals surface area contributed by atoms with Gasteiger partial charge in [-0.1, -0.05) is 24.6 Å². The van der Waals surface area contributed by atoms with Crippen LogP contribution in [0.4, 0.5) is 0 Å². The van der Waals surface area contributed by atoms with Crippen LogP contribution in [0, 0.1) is 5.92 Å². The van der Waals surface area contributed by atoms with Gasteiger partial charge in [0.1, 0.15) is 0 Å². The van der Waals surface area contributed by atoms with Crippen LogP contribution in [0.1, 0.15) is 31.2 Å². The minimum absolute atomic E-state index is 0.0913. The van der Waals surface area contributed by atoms with Crippen LogP contribution in [0.3, 0.4) is 0 Å². The van der Waals surface area contributed by atoms with Crippen LogP contribution in [-0.4, -0.2) is 27.5 Å². The summed E-state index contributed by atoms with van der Waals surface area (Å²) in [7, 11) is 0. The van der Waals surface area contributed by atoms with Gasteiger partial charge >= 0.3 is 0 Å². The van der Waals surface area contributed by atoms with Crippen molar-refractivity contribution in [2.75, 3.05) is 6.54 Å². The first kappa shape index (κ1) is 14.3. The van der Waals surface area contributed by atoms with Gasteiger partial charge in [0.2, 0.25) is 0 Å². The van der Waals surface area contributed by atoms with E-state index < -0.39 is 0 Å². The SMILES string of the molecule is OC1CCCC(CNCc2cnn(-c3ccccc3)c2)C1. The molecule has 4 heteroatoms. The molecule has 1 saturated carbocycles. The van der Waals surface area contributed by atoms with Gasteiger partial charge < -0.3 is 10.4 Å². The van der Waals surface area contributed by atoms with Crippen molar-refractivity contribution >= 4 is 0 Å². The van der Waals surface area contributed by atoms with Gasteiger partial charge in [0.25, 0.3) is 0 Å². The van der Waals surface area contributed by atoms with Crippen LogP contribution >= 0.6 is 0 Å². The lowest BCUT2D eigenvalue weighted by Crippen LogP contribution is -2.28. The average molecular weight is 285 g/mol. The number of aliphatic hydroxyl groups excluding tert-OH is 1. The molecule has 0 spiro atoms. The Morgan fingerprint density at radius 1 is 1.24 bits per heavy atom. The van der Waals surface area contributed by atoms with Crippen molar-refractivity contribution in [2.45, 2.75) is 38.3 Å². The molecule has 21 heavy (non-hydrogen) atoms. The molecule has 0 aliphatic heterocycles. The number of para-hydroxylation sites is 1. The first-order valence-electron chi connectivity index (χ1n) is 7.79. The lowest BCUT2D eigenvalue weighted by atomic mass is 9.87. The van der Waals surface area contributed by atoms with Crippen LogP contribution in [0.5, 0.6) is 0 Å². The molecule has 4 nitrogen and oxygen atoms in total. The Morgan fingerprint density at radius 3 is 2.90 bits per heavy atom. The second-order valence-corrected chi connectivity index (χ2v) is 5.95. The quantitative estimate of drug-likeness (QED) is 0.887. The Balaban J connectivity index is 1.49. The number of aromatic nitrogens is 2. The molecule has 0 bridgehead atoms. The molecular formula is C17H23N3O. The first-order chi connectivity index (χ1) is 10.3. The van der Waals surface area contributed by atoms with Gasteiger partial charge in [0, 0.05) is 18.3 Å². The highest BCUT2D eigenvalue weighted by Crippen LogP contribution is 2.23. The fourth-order valence-electron chi connectivity index (χ4n) is 3.04. The van der Waals surface area contributed by atoms with E-state index in [1.54, 1.807) is 0 Å². The zero-order chi connectivity index (χ0) is 14.5. The molecule has 0 saturated heterocycles. The molecule has 1 aromatic heterocycles. The van der Waals surface area contributed by atoms with E-state index in [9.17, 15) is 5.11 Å². The van der Waals surface area contributed by atoms with Gasteiger partial charge in [-0.25, -0.2) is 4.68 Å². The molecule has 1 heterocycles.